The van der Waals surface area contributed by atoms with Crippen molar-refractivity contribution in [2.24, 2.45) is 34.0 Å². The molecule has 2 aromatic carbocycles. The monoisotopic (exact) mass is 690 g/mol. The van der Waals surface area contributed by atoms with Crippen LogP contribution in [0.2, 0.25) is 5.02 Å². The lowest BCUT2D eigenvalue weighted by Crippen LogP contribution is -2.49. The van der Waals surface area contributed by atoms with Crippen molar-refractivity contribution in [3.8, 4) is 5.75 Å². The number of fused-ring (bicyclic) bond motifs is 6. The second kappa shape index (κ2) is 12.6. The van der Waals surface area contributed by atoms with Crippen molar-refractivity contribution >= 4 is 38.7 Å². The summed E-state index contributed by atoms with van der Waals surface area (Å²) in [6.45, 7) is 4.18. The minimum Gasteiger partial charge on any atom is -0.490 e. The van der Waals surface area contributed by atoms with Gasteiger partial charge in [0, 0.05) is 48.4 Å². The number of ether oxygens (including phenoxy) is 2. The van der Waals surface area contributed by atoms with Crippen molar-refractivity contribution in [1.29, 1.82) is 0 Å². The predicted molar refractivity (Wildman–Crippen MR) is 190 cm³/mol. The number of carbonyl (C=O) groups excluding carboxylic acids is 2. The third-order valence-electron chi connectivity index (χ3n) is 12.0. The minimum absolute atomic E-state index is 0.00642. The van der Waals surface area contributed by atoms with Crippen LogP contribution < -0.4 is 9.64 Å². The number of nitrogens with zero attached hydrogens (tertiary/aromatic N) is 2. The second-order valence-electron chi connectivity index (χ2n) is 15.8. The van der Waals surface area contributed by atoms with Gasteiger partial charge in [-0.3, -0.25) is 9.59 Å². The Kier molecular flexibility index (Phi) is 8.52. The molecule has 48 heavy (non-hydrogen) atoms. The highest BCUT2D eigenvalue weighted by Crippen LogP contribution is 2.61. The molecule has 3 saturated carbocycles. The molecule has 9 heteroatoms. The van der Waals surface area contributed by atoms with Crippen molar-refractivity contribution in [2.45, 2.75) is 75.7 Å². The van der Waals surface area contributed by atoms with Crippen molar-refractivity contribution < 1.29 is 23.3 Å². The molecule has 7 nitrogen and oxygen atoms in total. The molecule has 1 amide bonds. The molecule has 2 aliphatic heterocycles. The van der Waals surface area contributed by atoms with Crippen LogP contribution in [0, 0.1) is 29.6 Å². The molecule has 8 rings (SSSR count). The van der Waals surface area contributed by atoms with Gasteiger partial charge in [0.2, 0.25) is 0 Å². The normalized spacial score (nSPS) is 36.3. The van der Waals surface area contributed by atoms with Crippen LogP contribution in [0.25, 0.3) is 0 Å². The van der Waals surface area contributed by atoms with Gasteiger partial charge in [-0.15, -0.1) is 0 Å². The molecular formula is C39H47ClN2O5S. The Hall–Kier alpha value is -2.68. The van der Waals surface area contributed by atoms with E-state index in [2.05, 4.69) is 33.5 Å². The Morgan fingerprint density at radius 1 is 1.15 bits per heavy atom. The predicted octanol–water partition coefficient (Wildman–Crippen LogP) is 7.60. The summed E-state index contributed by atoms with van der Waals surface area (Å²) >= 11 is 6.53. The zero-order valence-electron chi connectivity index (χ0n) is 28.1. The van der Waals surface area contributed by atoms with E-state index in [4.69, 9.17) is 21.1 Å². The van der Waals surface area contributed by atoms with E-state index < -0.39 is 15.6 Å². The molecule has 3 fully saturated rings. The highest BCUT2D eigenvalue weighted by molar-refractivity contribution is 7.94. The molecule has 0 saturated heterocycles. The van der Waals surface area contributed by atoms with Crippen LogP contribution in [0.1, 0.15) is 85.7 Å². The molecule has 2 aromatic rings. The molecule has 1 spiro atoms. The van der Waals surface area contributed by atoms with Crippen LogP contribution in [0.5, 0.6) is 5.75 Å². The maximum absolute atomic E-state index is 14.4. The number of ketones is 1. The van der Waals surface area contributed by atoms with Crippen molar-refractivity contribution in [1.82, 2.24) is 0 Å². The summed E-state index contributed by atoms with van der Waals surface area (Å²) in [5.41, 5.74) is 3.76. The van der Waals surface area contributed by atoms with E-state index in [9.17, 15) is 13.8 Å². The fourth-order valence-corrected chi connectivity index (χ4v) is 11.6. The van der Waals surface area contributed by atoms with E-state index in [1.807, 2.05) is 25.1 Å². The molecule has 256 valence electrons. The highest BCUT2D eigenvalue weighted by Gasteiger charge is 2.54. The van der Waals surface area contributed by atoms with Gasteiger partial charge in [-0.1, -0.05) is 36.7 Å². The van der Waals surface area contributed by atoms with Crippen LogP contribution in [0.4, 0.5) is 5.69 Å². The van der Waals surface area contributed by atoms with Crippen LogP contribution in [-0.4, -0.2) is 60.3 Å². The Morgan fingerprint density at radius 2 is 2.00 bits per heavy atom. The lowest BCUT2D eigenvalue weighted by Gasteiger charge is -2.46. The number of anilines is 1. The van der Waals surface area contributed by atoms with Gasteiger partial charge in [0.25, 0.3) is 5.91 Å². The SMILES string of the molecule is CO[C@H]1/C=C/C[C@H](C)C[S@@](=O)(CC(=O)CC2CC2)=NC(=O)c2ccc3c(c2)N(C[C@@H]2CC[C@H]21)C[C@]1(CO3)C[C@@H]2C[C@@H]2c2cc(Cl)ccc21. The van der Waals surface area contributed by atoms with Crippen LogP contribution in [0.3, 0.4) is 0 Å². The van der Waals surface area contributed by atoms with E-state index in [-0.39, 0.29) is 34.7 Å². The van der Waals surface area contributed by atoms with E-state index >= 15 is 0 Å². The molecule has 4 aliphatic carbocycles. The van der Waals surface area contributed by atoms with Crippen LogP contribution in [0.15, 0.2) is 52.9 Å². The quantitative estimate of drug-likeness (QED) is 0.301. The lowest BCUT2D eigenvalue weighted by molar-refractivity contribution is -0.116. The molecule has 0 aromatic heterocycles. The lowest BCUT2D eigenvalue weighted by atomic mass is 9.68. The molecule has 8 atom stereocenters. The third-order valence-corrected chi connectivity index (χ3v) is 14.6. The number of allylic oxidation sites excluding steroid dienone is 1. The fourth-order valence-electron chi connectivity index (χ4n) is 9.15. The number of rotatable bonds is 5. The first-order valence-corrected chi connectivity index (χ1v) is 20.1. The number of carbonyl (C=O) groups is 2. The van der Waals surface area contributed by atoms with Crippen molar-refractivity contribution in [3.05, 3.63) is 70.3 Å². The molecule has 0 N–H and O–H groups in total. The molecule has 2 heterocycles. The first-order chi connectivity index (χ1) is 23.1. The molecule has 0 radical (unpaired) electrons. The zero-order chi connectivity index (χ0) is 33.2. The van der Waals surface area contributed by atoms with Gasteiger partial charge in [-0.2, -0.15) is 4.36 Å². The summed E-state index contributed by atoms with van der Waals surface area (Å²) in [7, 11) is -1.31. The fraction of sp³-hybridized carbons (Fsp3) is 0.590. The largest absolute Gasteiger partial charge is 0.490 e. The number of methoxy groups -OCH3 is 1. The molecule has 0 unspecified atom stereocenters. The van der Waals surface area contributed by atoms with Gasteiger partial charge in [-0.05, 0) is 122 Å². The zero-order valence-corrected chi connectivity index (χ0v) is 29.6. The van der Waals surface area contributed by atoms with Gasteiger partial charge in [0.05, 0.1) is 33.9 Å². The number of hydrogen-bond donors (Lipinski definition) is 0. The van der Waals surface area contributed by atoms with E-state index in [0.717, 1.165) is 61.7 Å². The Bertz CT molecular complexity index is 1780. The summed E-state index contributed by atoms with van der Waals surface area (Å²) in [5, 5.41) is 0.780. The average molecular weight is 691 g/mol. The first-order valence-electron chi connectivity index (χ1n) is 17.9. The Labute approximate surface area is 290 Å². The number of Topliss-reactive ketones (excluding diaryl/α,β-unsaturated/α-hetero) is 1. The number of benzene rings is 2. The summed E-state index contributed by atoms with van der Waals surface area (Å²) < 4.78 is 31.6. The van der Waals surface area contributed by atoms with E-state index in [0.29, 0.717) is 54.6 Å². The molecule has 2 bridgehead atoms. The van der Waals surface area contributed by atoms with Gasteiger partial charge < -0.3 is 14.4 Å². The van der Waals surface area contributed by atoms with Gasteiger partial charge in [-0.25, -0.2) is 4.21 Å². The first kappa shape index (κ1) is 32.5. The summed E-state index contributed by atoms with van der Waals surface area (Å²) in [4.78, 5) is 29.4. The average Bonchev–Trinajstić information content (AvgIpc) is 3.96. The summed E-state index contributed by atoms with van der Waals surface area (Å²) in [5.74, 6) is 2.62. The van der Waals surface area contributed by atoms with E-state index in [1.165, 1.54) is 17.5 Å². The second-order valence-corrected chi connectivity index (χ2v) is 18.6. The standard InChI is InChI=1S/C39H47ClN2O5S/c1-24-4-3-5-36(46-2)31-11-8-27(31)19-42-22-39(18-28-15-32(28)33-17-29(40)10-12-34(33)39)23-47-37-13-9-26(16-35(37)42)38(44)41-48(45,20-24)21-30(43)14-25-6-7-25/h3,5,9-10,12-13,16-17,24-25,27-28,31-32,36H,4,6-8,11,14-15,18-23H2,1-2H3/b5-3+/t24-,27-,28-,31+,32-,36-,39-,48+/m0/s1. The molecule has 6 aliphatic rings. The van der Waals surface area contributed by atoms with Crippen molar-refractivity contribution in [3.63, 3.8) is 0 Å². The maximum Gasteiger partial charge on any atom is 0.285 e. The Morgan fingerprint density at radius 3 is 2.77 bits per heavy atom. The van der Waals surface area contributed by atoms with Gasteiger partial charge in [0.15, 0.2) is 0 Å². The number of amides is 1. The third kappa shape index (κ3) is 6.37. The summed E-state index contributed by atoms with van der Waals surface area (Å²) in [6, 6.07) is 11.9. The van der Waals surface area contributed by atoms with Crippen LogP contribution in [-0.2, 0) is 24.7 Å². The smallest absolute Gasteiger partial charge is 0.285 e. The molecular weight excluding hydrogens is 644 g/mol. The highest BCUT2D eigenvalue weighted by atomic mass is 35.5. The van der Waals surface area contributed by atoms with Gasteiger partial charge in [0.1, 0.15) is 11.5 Å². The van der Waals surface area contributed by atoms with Crippen LogP contribution >= 0.6 is 11.6 Å². The summed E-state index contributed by atoms with van der Waals surface area (Å²) in [6.07, 6.45) is 12.0. The Balaban J connectivity index is 1.20. The number of halogens is 1. The van der Waals surface area contributed by atoms with Crippen molar-refractivity contribution in [2.75, 3.05) is 43.2 Å². The maximum atomic E-state index is 14.4. The number of hydrogen-bond acceptors (Lipinski definition) is 6. The minimum atomic E-state index is -3.11. The van der Waals surface area contributed by atoms with E-state index in [1.54, 1.807) is 13.2 Å². The topological polar surface area (TPSA) is 85.3 Å². The van der Waals surface area contributed by atoms with Gasteiger partial charge >= 0.3 is 0 Å².